The van der Waals surface area contributed by atoms with Crippen molar-refractivity contribution in [2.75, 3.05) is 25.0 Å². The molecule has 2 aromatic rings. The van der Waals surface area contributed by atoms with Gasteiger partial charge in [-0.2, -0.15) is 0 Å². The molecule has 0 aliphatic carbocycles. The zero-order valence-electron chi connectivity index (χ0n) is 12.9. The monoisotopic (exact) mass is 330 g/mol. The van der Waals surface area contributed by atoms with Gasteiger partial charge in [0.2, 0.25) is 5.91 Å². The van der Waals surface area contributed by atoms with Gasteiger partial charge >= 0.3 is 6.03 Å². The number of thiazole rings is 1. The predicted octanol–water partition coefficient (Wildman–Crippen LogP) is 1.87. The van der Waals surface area contributed by atoms with E-state index in [1.807, 2.05) is 23.6 Å². The van der Waals surface area contributed by atoms with Gasteiger partial charge < -0.3 is 10.2 Å². The minimum absolute atomic E-state index is 0.0347. The number of amides is 3. The van der Waals surface area contributed by atoms with Crippen molar-refractivity contribution in [2.24, 2.45) is 0 Å². The van der Waals surface area contributed by atoms with Gasteiger partial charge in [-0.05, 0) is 17.5 Å². The first-order chi connectivity index (χ1) is 11.1. The van der Waals surface area contributed by atoms with Gasteiger partial charge in [0.1, 0.15) is 0 Å². The summed E-state index contributed by atoms with van der Waals surface area (Å²) in [6.07, 6.45) is 2.49. The summed E-state index contributed by atoms with van der Waals surface area (Å²) in [5, 5.41) is 5.13. The van der Waals surface area contributed by atoms with E-state index in [9.17, 15) is 9.59 Å². The van der Waals surface area contributed by atoms with Gasteiger partial charge in [0, 0.05) is 31.7 Å². The van der Waals surface area contributed by atoms with Crippen LogP contribution in [0.2, 0.25) is 0 Å². The number of urea groups is 1. The standard InChI is InChI=1S/C16H18N4O2S/c1-19(16-17-7-9-23-16)14(21)10-18-15(22)20-8-6-12-4-2-3-5-13(12)11-20/h2-5,7,9H,6,8,10-11H2,1H3,(H,18,22). The Morgan fingerprint density at radius 3 is 2.87 bits per heavy atom. The molecule has 3 rings (SSSR count). The van der Waals surface area contributed by atoms with Crippen LogP contribution in [-0.2, 0) is 17.8 Å². The molecule has 6 nitrogen and oxygen atoms in total. The molecule has 1 aliphatic rings. The molecule has 1 N–H and O–H groups in total. The number of benzene rings is 1. The van der Waals surface area contributed by atoms with E-state index in [-0.39, 0.29) is 18.5 Å². The van der Waals surface area contributed by atoms with Gasteiger partial charge in [0.05, 0.1) is 6.54 Å². The zero-order valence-corrected chi connectivity index (χ0v) is 13.7. The van der Waals surface area contributed by atoms with E-state index in [1.165, 1.54) is 27.4 Å². The highest BCUT2D eigenvalue weighted by molar-refractivity contribution is 7.13. The third-order valence-electron chi connectivity index (χ3n) is 3.89. The van der Waals surface area contributed by atoms with Crippen LogP contribution in [0.25, 0.3) is 0 Å². The molecule has 0 saturated carbocycles. The summed E-state index contributed by atoms with van der Waals surface area (Å²) in [4.78, 5) is 31.6. The van der Waals surface area contributed by atoms with Crippen molar-refractivity contribution in [3.8, 4) is 0 Å². The van der Waals surface area contributed by atoms with E-state index in [4.69, 9.17) is 0 Å². The SMILES string of the molecule is CN(C(=O)CNC(=O)N1CCc2ccccc2C1)c1nccs1. The van der Waals surface area contributed by atoms with E-state index in [2.05, 4.69) is 16.4 Å². The molecule has 0 spiro atoms. The van der Waals surface area contributed by atoms with Gasteiger partial charge in [-0.15, -0.1) is 11.3 Å². The van der Waals surface area contributed by atoms with Crippen molar-refractivity contribution in [2.45, 2.75) is 13.0 Å². The van der Waals surface area contributed by atoms with Crippen molar-refractivity contribution >= 4 is 28.4 Å². The molecule has 120 valence electrons. The summed E-state index contributed by atoms with van der Waals surface area (Å²) in [5.74, 6) is -0.189. The van der Waals surface area contributed by atoms with Crippen LogP contribution in [0.5, 0.6) is 0 Å². The Balaban J connectivity index is 1.53. The van der Waals surface area contributed by atoms with Crippen LogP contribution < -0.4 is 10.2 Å². The molecule has 3 amide bonds. The summed E-state index contributed by atoms with van der Waals surface area (Å²) in [7, 11) is 1.66. The molecule has 1 aromatic carbocycles. The Bertz CT molecular complexity index is 702. The van der Waals surface area contributed by atoms with Crippen LogP contribution in [0.3, 0.4) is 0 Å². The van der Waals surface area contributed by atoms with Crippen LogP contribution >= 0.6 is 11.3 Å². The number of aromatic nitrogens is 1. The van der Waals surface area contributed by atoms with Gasteiger partial charge in [-0.3, -0.25) is 9.69 Å². The Morgan fingerprint density at radius 1 is 1.35 bits per heavy atom. The number of rotatable bonds is 3. The fourth-order valence-electron chi connectivity index (χ4n) is 2.54. The lowest BCUT2D eigenvalue weighted by Crippen LogP contribution is -2.46. The maximum atomic E-state index is 12.3. The van der Waals surface area contributed by atoms with Gasteiger partial charge in [-0.1, -0.05) is 24.3 Å². The average Bonchev–Trinajstić information content (AvgIpc) is 3.12. The molecule has 2 heterocycles. The minimum atomic E-state index is -0.208. The molecule has 23 heavy (non-hydrogen) atoms. The Hall–Kier alpha value is -2.41. The summed E-state index contributed by atoms with van der Waals surface area (Å²) in [6.45, 7) is 1.21. The number of hydrogen-bond acceptors (Lipinski definition) is 4. The lowest BCUT2D eigenvalue weighted by molar-refractivity contribution is -0.117. The third kappa shape index (κ3) is 3.50. The molecule has 7 heteroatoms. The molecular weight excluding hydrogens is 312 g/mol. The molecule has 0 atom stereocenters. The number of anilines is 1. The highest BCUT2D eigenvalue weighted by atomic mass is 32.1. The van der Waals surface area contributed by atoms with Gasteiger partial charge in [-0.25, -0.2) is 9.78 Å². The molecule has 0 fully saturated rings. The smallest absolute Gasteiger partial charge is 0.318 e. The topological polar surface area (TPSA) is 65.5 Å². The van der Waals surface area contributed by atoms with Gasteiger partial charge in [0.15, 0.2) is 5.13 Å². The van der Waals surface area contributed by atoms with Crippen LogP contribution in [0.15, 0.2) is 35.8 Å². The Kier molecular flexibility index (Phi) is 4.57. The Labute approximate surface area is 138 Å². The van der Waals surface area contributed by atoms with E-state index in [1.54, 1.807) is 18.1 Å². The number of fused-ring (bicyclic) bond motifs is 1. The average molecular weight is 330 g/mol. The van der Waals surface area contributed by atoms with Crippen LogP contribution in [0.1, 0.15) is 11.1 Å². The second-order valence-electron chi connectivity index (χ2n) is 5.37. The largest absolute Gasteiger partial charge is 0.329 e. The number of hydrogen-bond donors (Lipinski definition) is 1. The van der Waals surface area contributed by atoms with Crippen molar-refractivity contribution in [1.82, 2.24) is 15.2 Å². The summed E-state index contributed by atoms with van der Waals surface area (Å²) in [5.41, 5.74) is 2.45. The maximum Gasteiger partial charge on any atom is 0.318 e. The van der Waals surface area contributed by atoms with Crippen molar-refractivity contribution in [1.29, 1.82) is 0 Å². The van der Waals surface area contributed by atoms with Crippen LogP contribution in [0.4, 0.5) is 9.93 Å². The number of carbonyl (C=O) groups excluding carboxylic acids is 2. The van der Waals surface area contributed by atoms with Crippen molar-refractivity contribution in [3.05, 3.63) is 47.0 Å². The van der Waals surface area contributed by atoms with Crippen molar-refractivity contribution < 1.29 is 9.59 Å². The third-order valence-corrected chi connectivity index (χ3v) is 4.74. The van der Waals surface area contributed by atoms with Crippen molar-refractivity contribution in [3.63, 3.8) is 0 Å². The maximum absolute atomic E-state index is 12.3. The molecule has 0 bridgehead atoms. The quantitative estimate of drug-likeness (QED) is 0.934. The Morgan fingerprint density at radius 2 is 2.13 bits per heavy atom. The summed E-state index contributed by atoms with van der Waals surface area (Å²) < 4.78 is 0. The number of nitrogens with one attached hydrogen (secondary N) is 1. The first kappa shape index (κ1) is 15.5. The minimum Gasteiger partial charge on any atom is -0.329 e. The van der Waals surface area contributed by atoms with E-state index in [0.717, 1.165) is 6.42 Å². The molecular formula is C16H18N4O2S. The lowest BCUT2D eigenvalue weighted by atomic mass is 10.0. The highest BCUT2D eigenvalue weighted by Crippen LogP contribution is 2.18. The second-order valence-corrected chi connectivity index (χ2v) is 6.24. The van der Waals surface area contributed by atoms with Crippen LogP contribution in [0, 0.1) is 0 Å². The van der Waals surface area contributed by atoms with E-state index >= 15 is 0 Å². The summed E-state index contributed by atoms with van der Waals surface area (Å²) >= 11 is 1.38. The second kappa shape index (κ2) is 6.78. The molecule has 1 aromatic heterocycles. The normalized spacial score (nSPS) is 13.3. The first-order valence-electron chi connectivity index (χ1n) is 7.41. The molecule has 0 unspecified atom stereocenters. The van der Waals surface area contributed by atoms with Gasteiger partial charge in [0.25, 0.3) is 0 Å². The number of nitrogens with zero attached hydrogens (tertiary/aromatic N) is 3. The lowest BCUT2D eigenvalue weighted by Gasteiger charge is -2.29. The van der Waals surface area contributed by atoms with Crippen LogP contribution in [-0.4, -0.2) is 42.0 Å². The number of carbonyl (C=O) groups is 2. The fraction of sp³-hybridized carbons (Fsp3) is 0.312. The van der Waals surface area contributed by atoms with E-state index in [0.29, 0.717) is 18.2 Å². The predicted molar refractivity (Wildman–Crippen MR) is 89.5 cm³/mol. The fourth-order valence-corrected chi connectivity index (χ4v) is 3.16. The number of likely N-dealkylation sites (N-methyl/N-ethyl adjacent to an activating group) is 1. The highest BCUT2D eigenvalue weighted by Gasteiger charge is 2.21. The zero-order chi connectivity index (χ0) is 16.2. The molecule has 0 saturated heterocycles. The molecule has 1 aliphatic heterocycles. The molecule has 0 radical (unpaired) electrons. The first-order valence-corrected chi connectivity index (χ1v) is 8.28. The van der Waals surface area contributed by atoms with E-state index < -0.39 is 0 Å². The summed E-state index contributed by atoms with van der Waals surface area (Å²) in [6, 6.07) is 7.92.